The highest BCUT2D eigenvalue weighted by molar-refractivity contribution is 5.83. The number of aliphatic carboxylic acids is 2. The lowest BCUT2D eigenvalue weighted by Crippen LogP contribution is -2.39. The average Bonchev–Trinajstić information content (AvgIpc) is 2.89. The molecule has 0 unspecified atom stereocenters. The predicted octanol–water partition coefficient (Wildman–Crippen LogP) is 0.375. The number of rotatable bonds is 9. The van der Waals surface area contributed by atoms with Crippen molar-refractivity contribution >= 4 is 23.5 Å². The van der Waals surface area contributed by atoms with Gasteiger partial charge in [0.15, 0.2) is 12.2 Å². The number of benzene rings is 2. The van der Waals surface area contributed by atoms with E-state index >= 15 is 0 Å². The maximum Gasteiger partial charge on any atom is 0.335 e. The Kier molecular flexibility index (Phi) is 11.3. The van der Waals surface area contributed by atoms with Gasteiger partial charge in [0.2, 0.25) is 5.91 Å². The minimum absolute atomic E-state index is 0.0766. The van der Waals surface area contributed by atoms with Crippen molar-refractivity contribution in [1.29, 1.82) is 0 Å². The van der Waals surface area contributed by atoms with Crippen molar-refractivity contribution in [1.82, 2.24) is 4.90 Å². The van der Waals surface area contributed by atoms with E-state index in [2.05, 4.69) is 47.4 Å². The first-order valence-corrected chi connectivity index (χ1v) is 11.4. The van der Waals surface area contributed by atoms with Gasteiger partial charge in [-0.2, -0.15) is 0 Å². The lowest BCUT2D eigenvalue weighted by atomic mass is 10.0. The molecular formula is C25H33N3O8. The molecular weight excluding hydrogens is 470 g/mol. The minimum atomic E-state index is -2.27. The Morgan fingerprint density at radius 2 is 1.56 bits per heavy atom. The first-order chi connectivity index (χ1) is 17.1. The molecule has 1 heterocycles. The van der Waals surface area contributed by atoms with E-state index in [1.165, 1.54) is 11.3 Å². The number of nitrogens with two attached hydrogens (primary N) is 1. The second-order valence-corrected chi connectivity index (χ2v) is 8.20. The first-order valence-electron chi connectivity index (χ1n) is 11.4. The Morgan fingerprint density at radius 3 is 2.08 bits per heavy atom. The second kappa shape index (κ2) is 14.1. The number of nitrogens with zero attached hydrogens (tertiary/aromatic N) is 2. The Labute approximate surface area is 209 Å². The summed E-state index contributed by atoms with van der Waals surface area (Å²) in [6, 6.07) is 17.0. The highest BCUT2D eigenvalue weighted by Crippen LogP contribution is 2.25. The van der Waals surface area contributed by atoms with Crippen LogP contribution >= 0.6 is 0 Å². The van der Waals surface area contributed by atoms with E-state index in [1.807, 2.05) is 13.1 Å². The number of anilines is 1. The van der Waals surface area contributed by atoms with Crippen molar-refractivity contribution in [3.8, 4) is 11.1 Å². The van der Waals surface area contributed by atoms with Gasteiger partial charge in [-0.15, -0.1) is 0 Å². The summed E-state index contributed by atoms with van der Waals surface area (Å²) in [5, 5.41) is 32.5. The van der Waals surface area contributed by atoms with Crippen molar-refractivity contribution in [3.63, 3.8) is 0 Å². The number of hydrogen-bond donors (Lipinski definition) is 5. The summed E-state index contributed by atoms with van der Waals surface area (Å²) in [4.78, 5) is 35.5. The van der Waals surface area contributed by atoms with Crippen LogP contribution in [0.5, 0.6) is 0 Å². The van der Waals surface area contributed by atoms with Gasteiger partial charge >= 0.3 is 11.9 Å². The standard InChI is InChI=1S/C21H27N3O2.C4H6O6/c1-23(21(25)9-10-22)16-17-3-2-4-19(15-17)18-5-7-20(8-6-18)24-11-13-26-14-12-24;5-1(3(7)8)2(6)4(9)10/h2-8,15H,9-14,16,22H2,1H3;1-2,5-6H,(H,7,8)(H,9,10)/t;1-,2-/m.1/s1. The molecule has 0 radical (unpaired) electrons. The van der Waals surface area contributed by atoms with Crippen LogP contribution in [0.25, 0.3) is 11.1 Å². The molecule has 2 aromatic rings. The molecule has 1 aliphatic rings. The topological polar surface area (TPSA) is 174 Å². The largest absolute Gasteiger partial charge is 0.479 e. The Hall–Kier alpha value is -3.51. The maximum atomic E-state index is 11.9. The molecule has 2 atom stereocenters. The summed E-state index contributed by atoms with van der Waals surface area (Å²) in [6.07, 6.45) is -4.14. The molecule has 3 rings (SSSR count). The normalized spacial score (nSPS) is 14.7. The first kappa shape index (κ1) is 28.7. The molecule has 36 heavy (non-hydrogen) atoms. The molecule has 6 N–H and O–H groups in total. The lowest BCUT2D eigenvalue weighted by molar-refractivity contribution is -0.165. The molecule has 11 nitrogen and oxygen atoms in total. The van der Waals surface area contributed by atoms with Gasteiger partial charge in [-0.05, 0) is 34.9 Å². The van der Waals surface area contributed by atoms with E-state index in [-0.39, 0.29) is 5.91 Å². The molecule has 11 heteroatoms. The van der Waals surface area contributed by atoms with Crippen molar-refractivity contribution < 1.29 is 39.5 Å². The molecule has 196 valence electrons. The van der Waals surface area contributed by atoms with Gasteiger partial charge < -0.3 is 40.7 Å². The van der Waals surface area contributed by atoms with Gasteiger partial charge in [0.05, 0.1) is 13.2 Å². The zero-order chi connectivity index (χ0) is 26.7. The van der Waals surface area contributed by atoms with Crippen LogP contribution in [0.4, 0.5) is 5.69 Å². The third kappa shape index (κ3) is 8.61. The Balaban J connectivity index is 0.000000388. The van der Waals surface area contributed by atoms with E-state index in [1.54, 1.807) is 4.90 Å². The van der Waals surface area contributed by atoms with E-state index in [0.29, 0.717) is 19.5 Å². The summed E-state index contributed by atoms with van der Waals surface area (Å²) in [7, 11) is 1.82. The van der Waals surface area contributed by atoms with E-state index in [4.69, 9.17) is 30.9 Å². The third-order valence-electron chi connectivity index (χ3n) is 5.51. The zero-order valence-electron chi connectivity index (χ0n) is 20.1. The number of amides is 1. The number of carbonyl (C=O) groups is 3. The van der Waals surface area contributed by atoms with Crippen molar-refractivity contribution in [3.05, 3.63) is 54.1 Å². The van der Waals surface area contributed by atoms with E-state index in [0.717, 1.165) is 37.4 Å². The molecule has 2 aromatic carbocycles. The van der Waals surface area contributed by atoms with Gasteiger partial charge in [-0.25, -0.2) is 9.59 Å². The Bertz CT molecular complexity index is 991. The smallest absolute Gasteiger partial charge is 0.335 e. The van der Waals surface area contributed by atoms with Crippen molar-refractivity contribution in [2.75, 3.05) is 44.8 Å². The van der Waals surface area contributed by atoms with Crippen LogP contribution < -0.4 is 10.6 Å². The van der Waals surface area contributed by atoms with Crippen LogP contribution in [0.3, 0.4) is 0 Å². The number of hydrogen-bond acceptors (Lipinski definition) is 8. The monoisotopic (exact) mass is 503 g/mol. The van der Waals surface area contributed by atoms with Gasteiger partial charge in [0.25, 0.3) is 0 Å². The van der Waals surface area contributed by atoms with Crippen LogP contribution in [-0.4, -0.2) is 95.3 Å². The average molecular weight is 504 g/mol. The van der Waals surface area contributed by atoms with Gasteiger partial charge in [-0.1, -0.05) is 30.3 Å². The molecule has 0 aliphatic carbocycles. The summed E-state index contributed by atoms with van der Waals surface area (Å²) in [5.41, 5.74) is 10.2. The van der Waals surface area contributed by atoms with E-state index in [9.17, 15) is 14.4 Å². The molecule has 0 spiro atoms. The Morgan fingerprint density at radius 1 is 0.972 bits per heavy atom. The second-order valence-electron chi connectivity index (χ2n) is 8.20. The fourth-order valence-corrected chi connectivity index (χ4v) is 3.48. The van der Waals surface area contributed by atoms with Gasteiger partial charge in [0, 0.05) is 45.3 Å². The van der Waals surface area contributed by atoms with Gasteiger partial charge in [-0.3, -0.25) is 4.79 Å². The predicted molar refractivity (Wildman–Crippen MR) is 132 cm³/mol. The van der Waals surface area contributed by atoms with Crippen molar-refractivity contribution in [2.45, 2.75) is 25.2 Å². The van der Waals surface area contributed by atoms with Crippen LogP contribution in [0.1, 0.15) is 12.0 Å². The van der Waals surface area contributed by atoms with Crippen LogP contribution in [0.2, 0.25) is 0 Å². The molecule has 1 fully saturated rings. The molecule has 0 saturated carbocycles. The maximum absolute atomic E-state index is 11.9. The number of carboxylic acids is 2. The minimum Gasteiger partial charge on any atom is -0.479 e. The molecule has 1 saturated heterocycles. The fourth-order valence-electron chi connectivity index (χ4n) is 3.48. The number of aliphatic hydroxyl groups is 2. The zero-order valence-corrected chi connectivity index (χ0v) is 20.1. The van der Waals surface area contributed by atoms with Crippen LogP contribution in [0.15, 0.2) is 48.5 Å². The lowest BCUT2D eigenvalue weighted by Gasteiger charge is -2.29. The molecule has 1 amide bonds. The number of carbonyl (C=O) groups excluding carboxylic acids is 1. The number of morpholine rings is 1. The number of ether oxygens (including phenoxy) is 1. The SMILES string of the molecule is CN(Cc1cccc(-c2ccc(N3CCOCC3)cc2)c1)C(=O)CCN.O=C(O)[C@H](O)[C@@H](O)C(=O)O. The third-order valence-corrected chi connectivity index (χ3v) is 5.51. The van der Waals surface area contributed by atoms with Crippen LogP contribution in [-0.2, 0) is 25.7 Å². The fraction of sp³-hybridized carbons (Fsp3) is 0.400. The summed E-state index contributed by atoms with van der Waals surface area (Å²) in [5.74, 6) is -3.46. The van der Waals surface area contributed by atoms with Crippen molar-refractivity contribution in [2.24, 2.45) is 5.73 Å². The molecule has 0 bridgehead atoms. The highest BCUT2D eigenvalue weighted by atomic mass is 16.5. The summed E-state index contributed by atoms with van der Waals surface area (Å²) < 4.78 is 5.41. The summed E-state index contributed by atoms with van der Waals surface area (Å²) in [6.45, 7) is 4.45. The quantitative estimate of drug-likeness (QED) is 0.322. The van der Waals surface area contributed by atoms with Gasteiger partial charge in [0.1, 0.15) is 0 Å². The summed E-state index contributed by atoms with van der Waals surface area (Å²) >= 11 is 0. The number of aliphatic hydroxyl groups excluding tert-OH is 2. The number of carboxylic acid groups (broad SMARTS) is 2. The van der Waals surface area contributed by atoms with Crippen LogP contribution in [0, 0.1) is 0 Å². The highest BCUT2D eigenvalue weighted by Gasteiger charge is 2.29. The molecule has 0 aromatic heterocycles. The molecule has 1 aliphatic heterocycles. The van der Waals surface area contributed by atoms with E-state index < -0.39 is 24.1 Å².